The van der Waals surface area contributed by atoms with E-state index >= 15 is 0 Å². The van der Waals surface area contributed by atoms with Crippen LogP contribution in [0.5, 0.6) is 0 Å². The summed E-state index contributed by atoms with van der Waals surface area (Å²) in [6.45, 7) is 3.35. The number of hydrogen-bond donors (Lipinski definition) is 1. The first-order chi connectivity index (χ1) is 9.57. The first-order valence-corrected chi connectivity index (χ1v) is 8.53. The predicted octanol–water partition coefficient (Wildman–Crippen LogP) is 4.36. The van der Waals surface area contributed by atoms with Crippen LogP contribution in [0.25, 0.3) is 0 Å². The van der Waals surface area contributed by atoms with E-state index in [-0.39, 0.29) is 0 Å². The average molecular weight is 339 g/mol. The summed E-state index contributed by atoms with van der Waals surface area (Å²) in [7, 11) is 4.46. The third-order valence-electron chi connectivity index (χ3n) is 4.84. The summed E-state index contributed by atoms with van der Waals surface area (Å²) in [5.41, 5.74) is 1.76. The highest BCUT2D eigenvalue weighted by atomic mass is 79.9. The van der Waals surface area contributed by atoms with Crippen LogP contribution in [0.15, 0.2) is 28.7 Å². The molecule has 0 saturated heterocycles. The maximum absolute atomic E-state index is 3.81. The van der Waals surface area contributed by atoms with Gasteiger partial charge in [0.15, 0.2) is 0 Å². The molecule has 0 amide bonds. The van der Waals surface area contributed by atoms with Crippen molar-refractivity contribution in [3.63, 3.8) is 0 Å². The quantitative estimate of drug-likeness (QED) is 0.828. The molecule has 1 saturated carbocycles. The van der Waals surface area contributed by atoms with Crippen LogP contribution >= 0.6 is 15.9 Å². The van der Waals surface area contributed by atoms with E-state index in [4.69, 9.17) is 0 Å². The van der Waals surface area contributed by atoms with Crippen molar-refractivity contribution in [1.29, 1.82) is 0 Å². The van der Waals surface area contributed by atoms with Crippen LogP contribution in [0.1, 0.15) is 50.6 Å². The number of rotatable bonds is 6. The van der Waals surface area contributed by atoms with Crippen molar-refractivity contribution in [3.05, 3.63) is 34.3 Å². The fourth-order valence-corrected chi connectivity index (χ4v) is 3.59. The Hall–Kier alpha value is -0.380. The van der Waals surface area contributed by atoms with Gasteiger partial charge >= 0.3 is 0 Å². The van der Waals surface area contributed by atoms with E-state index < -0.39 is 0 Å². The summed E-state index contributed by atoms with van der Waals surface area (Å²) in [5.74, 6) is 0. The van der Waals surface area contributed by atoms with Crippen LogP contribution < -0.4 is 5.32 Å². The van der Waals surface area contributed by atoms with Gasteiger partial charge in [-0.1, -0.05) is 47.8 Å². The highest BCUT2D eigenvalue weighted by Gasteiger charge is 2.35. The lowest BCUT2D eigenvalue weighted by Gasteiger charge is -2.38. The van der Waals surface area contributed by atoms with Gasteiger partial charge in [-0.3, -0.25) is 0 Å². The molecule has 2 rings (SSSR count). The number of nitrogens with zero attached hydrogens (tertiary/aromatic N) is 1. The second-order valence-electron chi connectivity index (χ2n) is 6.22. The van der Waals surface area contributed by atoms with Crippen LogP contribution in [0.3, 0.4) is 0 Å². The summed E-state index contributed by atoms with van der Waals surface area (Å²) in [6.07, 6.45) is 6.52. The number of likely N-dealkylation sites (N-methyl/N-ethyl adjacent to an activating group) is 1. The molecule has 1 unspecified atom stereocenters. The zero-order valence-corrected chi connectivity index (χ0v) is 14.5. The van der Waals surface area contributed by atoms with Gasteiger partial charge in [-0.05, 0) is 51.1 Å². The molecule has 1 fully saturated rings. The second kappa shape index (κ2) is 7.06. The Kier molecular flexibility index (Phi) is 5.65. The predicted molar refractivity (Wildman–Crippen MR) is 90.1 cm³/mol. The van der Waals surface area contributed by atoms with Crippen molar-refractivity contribution in [2.75, 3.05) is 20.6 Å². The average Bonchev–Trinajstić information content (AvgIpc) is 2.91. The molecule has 0 spiro atoms. The molecule has 20 heavy (non-hydrogen) atoms. The minimum atomic E-state index is 0.364. The van der Waals surface area contributed by atoms with E-state index in [1.54, 1.807) is 0 Å². The SMILES string of the molecule is CCC(NCC1(N(C)C)CCCC1)c1ccc(Br)cc1. The van der Waals surface area contributed by atoms with Gasteiger partial charge in [0.05, 0.1) is 0 Å². The van der Waals surface area contributed by atoms with Crippen LogP contribution in [0, 0.1) is 0 Å². The zero-order valence-electron chi connectivity index (χ0n) is 13.0. The second-order valence-corrected chi connectivity index (χ2v) is 7.13. The molecule has 0 heterocycles. The largest absolute Gasteiger partial charge is 0.308 e. The molecule has 1 aliphatic rings. The van der Waals surface area contributed by atoms with Gasteiger partial charge in [0.1, 0.15) is 0 Å². The van der Waals surface area contributed by atoms with Crippen molar-refractivity contribution in [1.82, 2.24) is 10.2 Å². The molecular formula is C17H27BrN2. The van der Waals surface area contributed by atoms with E-state index in [2.05, 4.69) is 71.4 Å². The Morgan fingerprint density at radius 3 is 2.30 bits per heavy atom. The van der Waals surface area contributed by atoms with Gasteiger partial charge in [-0.15, -0.1) is 0 Å². The molecule has 0 radical (unpaired) electrons. The fraction of sp³-hybridized carbons (Fsp3) is 0.647. The van der Waals surface area contributed by atoms with Crippen molar-refractivity contribution in [3.8, 4) is 0 Å². The highest BCUT2D eigenvalue weighted by molar-refractivity contribution is 9.10. The molecule has 0 aromatic heterocycles. The minimum absolute atomic E-state index is 0.364. The van der Waals surface area contributed by atoms with E-state index in [0.29, 0.717) is 11.6 Å². The zero-order chi connectivity index (χ0) is 14.6. The number of hydrogen-bond acceptors (Lipinski definition) is 2. The summed E-state index contributed by atoms with van der Waals surface area (Å²) in [5, 5.41) is 3.81. The first-order valence-electron chi connectivity index (χ1n) is 7.74. The molecule has 1 aliphatic carbocycles. The first kappa shape index (κ1) is 16.0. The van der Waals surface area contributed by atoms with Crippen molar-refractivity contribution in [2.24, 2.45) is 0 Å². The smallest absolute Gasteiger partial charge is 0.0328 e. The Bertz CT molecular complexity index is 408. The third-order valence-corrected chi connectivity index (χ3v) is 5.37. The molecule has 1 atom stereocenters. The van der Waals surface area contributed by atoms with E-state index in [0.717, 1.165) is 17.4 Å². The van der Waals surface area contributed by atoms with Crippen molar-refractivity contribution < 1.29 is 0 Å². The maximum atomic E-state index is 3.81. The Labute approximate surface area is 132 Å². The van der Waals surface area contributed by atoms with Crippen LogP contribution in [-0.4, -0.2) is 31.1 Å². The van der Waals surface area contributed by atoms with E-state index in [1.165, 1.54) is 31.2 Å². The molecule has 3 heteroatoms. The third kappa shape index (κ3) is 3.63. The Morgan fingerprint density at radius 1 is 1.20 bits per heavy atom. The lowest BCUT2D eigenvalue weighted by molar-refractivity contribution is 0.148. The Morgan fingerprint density at radius 2 is 1.80 bits per heavy atom. The summed E-state index contributed by atoms with van der Waals surface area (Å²) in [6, 6.07) is 9.18. The van der Waals surface area contributed by atoms with Gasteiger partial charge in [-0.2, -0.15) is 0 Å². The van der Waals surface area contributed by atoms with Crippen LogP contribution in [0.2, 0.25) is 0 Å². The molecule has 0 aliphatic heterocycles. The van der Waals surface area contributed by atoms with Gasteiger partial charge < -0.3 is 10.2 Å². The maximum Gasteiger partial charge on any atom is 0.0328 e. The van der Waals surface area contributed by atoms with E-state index in [1.807, 2.05) is 0 Å². The molecule has 1 aromatic carbocycles. The summed E-state index contributed by atoms with van der Waals surface area (Å²) < 4.78 is 1.15. The lowest BCUT2D eigenvalue weighted by atomic mass is 9.94. The van der Waals surface area contributed by atoms with Gasteiger partial charge in [0, 0.05) is 22.6 Å². The standard InChI is InChI=1S/C17H27BrN2/c1-4-16(14-7-9-15(18)10-8-14)19-13-17(20(2)3)11-5-6-12-17/h7-10,16,19H,4-6,11-13H2,1-3H3. The van der Waals surface area contributed by atoms with Gasteiger partial charge in [0.25, 0.3) is 0 Å². The normalized spacial score (nSPS) is 19.4. The summed E-state index contributed by atoms with van der Waals surface area (Å²) in [4.78, 5) is 2.43. The van der Waals surface area contributed by atoms with E-state index in [9.17, 15) is 0 Å². The van der Waals surface area contributed by atoms with Crippen molar-refractivity contribution >= 4 is 15.9 Å². The minimum Gasteiger partial charge on any atom is -0.308 e. The lowest BCUT2D eigenvalue weighted by Crippen LogP contribution is -2.50. The van der Waals surface area contributed by atoms with Crippen LogP contribution in [-0.2, 0) is 0 Å². The number of halogens is 1. The monoisotopic (exact) mass is 338 g/mol. The Balaban J connectivity index is 2.01. The molecule has 1 N–H and O–H groups in total. The number of nitrogens with one attached hydrogen (secondary N) is 1. The van der Waals surface area contributed by atoms with Crippen LogP contribution in [0.4, 0.5) is 0 Å². The highest BCUT2D eigenvalue weighted by Crippen LogP contribution is 2.34. The molecular weight excluding hydrogens is 312 g/mol. The van der Waals surface area contributed by atoms with Gasteiger partial charge in [-0.25, -0.2) is 0 Å². The van der Waals surface area contributed by atoms with Crippen molar-refractivity contribution in [2.45, 2.75) is 50.6 Å². The molecule has 0 bridgehead atoms. The molecule has 2 nitrogen and oxygen atoms in total. The molecule has 1 aromatic rings. The van der Waals surface area contributed by atoms with Gasteiger partial charge in [0.2, 0.25) is 0 Å². The summed E-state index contributed by atoms with van der Waals surface area (Å²) >= 11 is 3.51. The topological polar surface area (TPSA) is 15.3 Å². The molecule has 112 valence electrons. The fourth-order valence-electron chi connectivity index (χ4n) is 3.32. The number of benzene rings is 1.